The summed E-state index contributed by atoms with van der Waals surface area (Å²) in [7, 11) is -4.05. The zero-order valence-electron chi connectivity index (χ0n) is 29.6. The van der Waals surface area contributed by atoms with Crippen LogP contribution in [0.2, 0.25) is 0 Å². The third-order valence-electron chi connectivity index (χ3n) is 9.82. The first-order valence-electron chi connectivity index (χ1n) is 17.0. The van der Waals surface area contributed by atoms with Crippen LogP contribution in [0, 0.1) is 17.6 Å². The first kappa shape index (κ1) is 37.5. The number of aryl methyl sites for hydroxylation is 1. The predicted molar refractivity (Wildman–Crippen MR) is 211 cm³/mol. The largest absolute Gasteiger partial charge is 0.344 e. The third-order valence-corrected chi connectivity index (χ3v) is 12.5. The number of thioether (sulfide) groups is 2. The van der Waals surface area contributed by atoms with Gasteiger partial charge in [0, 0.05) is 43.5 Å². The van der Waals surface area contributed by atoms with Gasteiger partial charge in [0.05, 0.1) is 5.75 Å². The molecule has 0 saturated heterocycles. The maximum absolute atomic E-state index is 11.6. The Morgan fingerprint density at radius 2 is 1.70 bits per heavy atom. The van der Waals surface area contributed by atoms with Crippen LogP contribution >= 0.6 is 23.5 Å². The fourth-order valence-electron chi connectivity index (χ4n) is 6.92. The van der Waals surface area contributed by atoms with Gasteiger partial charge >= 0.3 is 0 Å². The number of rotatable bonds is 12. The molecule has 8 heteroatoms. The van der Waals surface area contributed by atoms with Crippen molar-refractivity contribution in [2.75, 3.05) is 17.2 Å². The van der Waals surface area contributed by atoms with E-state index in [1.807, 2.05) is 24.3 Å². The van der Waals surface area contributed by atoms with Crippen molar-refractivity contribution in [2.24, 2.45) is 0 Å². The second kappa shape index (κ2) is 15.7. The normalized spacial score (nSPS) is 17.8. The number of thiocyanates is 1. The molecule has 1 heterocycles. The highest BCUT2D eigenvalue weighted by molar-refractivity contribution is 8.04. The molecular weight excluding hydrogens is 677 g/mol. The lowest BCUT2D eigenvalue weighted by atomic mass is 9.76. The quantitative estimate of drug-likeness (QED) is 0.0862. The molecule has 5 nitrogen and oxygen atoms in total. The summed E-state index contributed by atoms with van der Waals surface area (Å²) < 4.78 is 32.6. The Morgan fingerprint density at radius 3 is 2.40 bits per heavy atom. The molecule has 0 amide bonds. The highest BCUT2D eigenvalue weighted by atomic mass is 32.2. The van der Waals surface area contributed by atoms with Gasteiger partial charge in [-0.3, -0.25) is 4.55 Å². The van der Waals surface area contributed by atoms with Crippen molar-refractivity contribution >= 4 is 39.3 Å². The summed E-state index contributed by atoms with van der Waals surface area (Å²) in [5.74, 6) is -0.280. The van der Waals surface area contributed by atoms with Crippen LogP contribution < -0.4 is 4.90 Å². The van der Waals surface area contributed by atoms with Crippen LogP contribution in [0.15, 0.2) is 141 Å². The van der Waals surface area contributed by atoms with E-state index in [0.717, 1.165) is 57.8 Å². The van der Waals surface area contributed by atoms with Crippen molar-refractivity contribution in [3.8, 4) is 5.40 Å². The van der Waals surface area contributed by atoms with E-state index < -0.39 is 10.1 Å². The Balaban J connectivity index is 1.55. The van der Waals surface area contributed by atoms with E-state index in [1.165, 1.54) is 32.7 Å². The minimum Gasteiger partial charge on any atom is -0.344 e. The molecule has 0 unspecified atom stereocenters. The highest BCUT2D eigenvalue weighted by Gasteiger charge is 2.39. The summed E-state index contributed by atoms with van der Waals surface area (Å²) in [6.07, 6.45) is 12.1. The second-order valence-electron chi connectivity index (χ2n) is 14.0. The van der Waals surface area contributed by atoms with E-state index in [9.17, 15) is 13.0 Å². The van der Waals surface area contributed by atoms with Crippen molar-refractivity contribution in [1.82, 2.24) is 0 Å². The van der Waals surface area contributed by atoms with Crippen LogP contribution in [0.4, 0.5) is 5.69 Å². The number of allylic oxidation sites excluding steroid dienone is 8. The van der Waals surface area contributed by atoms with Gasteiger partial charge in [0.15, 0.2) is 0 Å². The number of hydrogen-bond donors (Lipinski definition) is 1. The number of para-hydroxylation sites is 1. The molecule has 0 fully saturated rings. The van der Waals surface area contributed by atoms with Crippen LogP contribution in [-0.4, -0.2) is 25.3 Å². The van der Waals surface area contributed by atoms with Gasteiger partial charge in [-0.2, -0.15) is 13.7 Å². The summed E-state index contributed by atoms with van der Waals surface area (Å²) in [5.41, 5.74) is 8.91. The lowest BCUT2D eigenvalue weighted by Crippen LogP contribution is -2.28. The third kappa shape index (κ3) is 8.58. The Kier molecular flexibility index (Phi) is 11.7. The first-order chi connectivity index (χ1) is 23.7. The molecule has 1 N–H and O–H groups in total. The second-order valence-corrected chi connectivity index (χ2v) is 17.5. The number of nitriles is 1. The van der Waals surface area contributed by atoms with Crippen molar-refractivity contribution in [3.63, 3.8) is 0 Å². The first-order valence-corrected chi connectivity index (χ1v) is 20.2. The van der Waals surface area contributed by atoms with E-state index >= 15 is 0 Å². The molecule has 0 radical (unpaired) electrons. The van der Waals surface area contributed by atoms with Gasteiger partial charge in [0.2, 0.25) is 0 Å². The lowest BCUT2D eigenvalue weighted by molar-refractivity contribution is 0.481. The van der Waals surface area contributed by atoms with Crippen LogP contribution in [0.1, 0.15) is 70.1 Å². The Morgan fingerprint density at radius 1 is 1.02 bits per heavy atom. The van der Waals surface area contributed by atoms with Crippen molar-refractivity contribution < 1.29 is 13.0 Å². The van der Waals surface area contributed by atoms with Gasteiger partial charge in [0.25, 0.3) is 10.1 Å². The Hall–Kier alpha value is -3.74. The molecule has 3 aromatic carbocycles. The fourth-order valence-corrected chi connectivity index (χ4v) is 8.90. The molecule has 3 aromatic rings. The van der Waals surface area contributed by atoms with Crippen LogP contribution in [-0.2, 0) is 20.9 Å². The van der Waals surface area contributed by atoms with E-state index in [2.05, 4.69) is 124 Å². The Labute approximate surface area is 307 Å². The number of anilines is 1. The summed E-state index contributed by atoms with van der Waals surface area (Å²) >= 11 is 2.91. The molecule has 5 rings (SSSR count). The summed E-state index contributed by atoms with van der Waals surface area (Å²) in [4.78, 5) is 5.45. The molecule has 0 saturated carbocycles. The van der Waals surface area contributed by atoms with Crippen LogP contribution in [0.25, 0.3) is 0 Å². The van der Waals surface area contributed by atoms with E-state index in [1.54, 1.807) is 11.8 Å². The fraction of sp³-hybridized carbons (Fsp3) is 0.310. The molecule has 50 heavy (non-hydrogen) atoms. The van der Waals surface area contributed by atoms with E-state index in [4.69, 9.17) is 5.26 Å². The SMILES string of the molecule is C=C(/C=C/C1=C(Sc2ccc(SC#N)cc2)C(=C/C=C2/N(CCCS(=O)(=O)O)c3ccccc3C2(C)C)/CCC1)C(C)(C)c1ccccc1C. The minimum absolute atomic E-state index is 0.233. The topological polar surface area (TPSA) is 81.4 Å². The molecule has 2 aliphatic rings. The molecule has 0 aromatic heterocycles. The van der Waals surface area contributed by atoms with Gasteiger partial charge in [-0.05, 0) is 114 Å². The molecule has 260 valence electrons. The summed E-state index contributed by atoms with van der Waals surface area (Å²) in [6.45, 7) is 16.0. The maximum atomic E-state index is 11.6. The number of fused-ring (bicyclic) bond motifs is 1. The zero-order chi connectivity index (χ0) is 36.1. The zero-order valence-corrected chi connectivity index (χ0v) is 32.0. The average Bonchev–Trinajstić information content (AvgIpc) is 3.29. The summed E-state index contributed by atoms with van der Waals surface area (Å²) in [5, 5.41) is 11.3. The minimum atomic E-state index is -4.05. The van der Waals surface area contributed by atoms with E-state index in [-0.39, 0.29) is 16.6 Å². The van der Waals surface area contributed by atoms with Gasteiger partial charge < -0.3 is 4.90 Å². The van der Waals surface area contributed by atoms with Gasteiger partial charge in [-0.25, -0.2) is 0 Å². The maximum Gasteiger partial charge on any atom is 0.264 e. The van der Waals surface area contributed by atoms with Crippen molar-refractivity contribution in [1.29, 1.82) is 5.26 Å². The van der Waals surface area contributed by atoms with Gasteiger partial charge in [-0.15, -0.1) is 0 Å². The molecule has 1 aliphatic heterocycles. The summed E-state index contributed by atoms with van der Waals surface area (Å²) in [6, 6.07) is 24.9. The Bertz CT molecular complexity index is 2030. The van der Waals surface area contributed by atoms with Crippen molar-refractivity contribution in [2.45, 2.75) is 80.9 Å². The molecule has 0 bridgehead atoms. The van der Waals surface area contributed by atoms with Gasteiger partial charge in [0.1, 0.15) is 5.40 Å². The number of hydrogen-bond acceptors (Lipinski definition) is 6. The molecule has 0 atom stereocenters. The standard InChI is InChI=1S/C42H46N2O3S3/c1-30-13-7-8-16-36(30)41(3,4)31(2)19-20-32-14-11-15-33(40(32)49-35-24-22-34(23-25-35)48-29-43)21-26-39-42(5,6)37-17-9-10-18-38(37)44(39)27-12-28-50(45,46)47/h7-10,13,16-26H,2,11-12,14-15,27-28H2,1,3-6H3,(H,45,46,47)/b20-19+,33-21+,39-26+. The predicted octanol–water partition coefficient (Wildman–Crippen LogP) is 11.1. The molecular formula is C42H46N2O3S3. The monoisotopic (exact) mass is 722 g/mol. The molecule has 0 spiro atoms. The average molecular weight is 723 g/mol. The van der Waals surface area contributed by atoms with E-state index in [0.29, 0.717) is 13.0 Å². The smallest absolute Gasteiger partial charge is 0.264 e. The number of nitrogens with zero attached hydrogens (tertiary/aromatic N) is 2. The van der Waals surface area contributed by atoms with Gasteiger partial charge in [-0.1, -0.05) is 107 Å². The van der Waals surface area contributed by atoms with Crippen LogP contribution in [0.3, 0.4) is 0 Å². The highest BCUT2D eigenvalue weighted by Crippen LogP contribution is 2.48. The lowest BCUT2D eigenvalue weighted by Gasteiger charge is -2.28. The molecule has 1 aliphatic carbocycles. The van der Waals surface area contributed by atoms with Crippen LogP contribution in [0.5, 0.6) is 0 Å². The van der Waals surface area contributed by atoms with Crippen molar-refractivity contribution in [3.05, 3.63) is 148 Å². The number of benzene rings is 3.